The molecule has 0 aromatic heterocycles. The van der Waals surface area contributed by atoms with Gasteiger partial charge in [0.1, 0.15) is 0 Å². The smallest absolute Gasteiger partial charge is 0.227 e. The van der Waals surface area contributed by atoms with Gasteiger partial charge in [-0.15, -0.1) is 0 Å². The number of morpholine rings is 1. The maximum absolute atomic E-state index is 12.8. The molecular weight excluding hydrogens is 404 g/mol. The van der Waals surface area contributed by atoms with E-state index in [2.05, 4.69) is 17.0 Å². The molecule has 168 valence electrons. The minimum absolute atomic E-state index is 0.0802. The molecule has 7 heteroatoms. The van der Waals surface area contributed by atoms with Gasteiger partial charge in [0.15, 0.2) is 0 Å². The molecule has 2 aromatic rings. The summed E-state index contributed by atoms with van der Waals surface area (Å²) in [5, 5.41) is 8.93. The van der Waals surface area contributed by atoms with Crippen molar-refractivity contribution in [2.45, 2.75) is 25.8 Å². The Bertz CT molecular complexity index is 936. The number of amides is 2. The van der Waals surface area contributed by atoms with Crippen LogP contribution in [0.15, 0.2) is 54.6 Å². The molecule has 1 aliphatic heterocycles. The zero-order valence-electron chi connectivity index (χ0n) is 18.6. The number of rotatable bonds is 9. The van der Waals surface area contributed by atoms with Gasteiger partial charge >= 0.3 is 0 Å². The molecule has 0 unspecified atom stereocenters. The second-order valence-corrected chi connectivity index (χ2v) is 7.77. The Hall–Kier alpha value is -3.37. The number of hydrogen-bond donors (Lipinski definition) is 0. The first-order valence-electron chi connectivity index (χ1n) is 11.0. The number of carbonyl (C=O) groups is 2. The molecule has 0 saturated carbocycles. The van der Waals surface area contributed by atoms with Gasteiger partial charge in [0.2, 0.25) is 11.8 Å². The lowest BCUT2D eigenvalue weighted by Gasteiger charge is -2.31. The second kappa shape index (κ2) is 11.9. The lowest BCUT2D eigenvalue weighted by molar-refractivity contribution is -0.132. The van der Waals surface area contributed by atoms with Crippen molar-refractivity contribution in [3.63, 3.8) is 0 Å². The maximum Gasteiger partial charge on any atom is 0.227 e. The fourth-order valence-corrected chi connectivity index (χ4v) is 3.81. The lowest BCUT2D eigenvalue weighted by Crippen LogP contribution is -2.37. The van der Waals surface area contributed by atoms with Crippen LogP contribution >= 0.6 is 0 Å². The van der Waals surface area contributed by atoms with Crippen molar-refractivity contribution in [2.24, 2.45) is 0 Å². The van der Waals surface area contributed by atoms with E-state index in [1.165, 1.54) is 0 Å². The van der Waals surface area contributed by atoms with E-state index in [4.69, 9.17) is 10.00 Å². The normalized spacial score (nSPS) is 13.3. The maximum atomic E-state index is 12.8. The quantitative estimate of drug-likeness (QED) is 0.606. The van der Waals surface area contributed by atoms with E-state index in [-0.39, 0.29) is 31.1 Å². The Morgan fingerprint density at radius 2 is 1.66 bits per heavy atom. The Morgan fingerprint density at radius 1 is 1.00 bits per heavy atom. The minimum atomic E-state index is -0.151. The van der Waals surface area contributed by atoms with Gasteiger partial charge in [-0.3, -0.25) is 9.59 Å². The Labute approximate surface area is 189 Å². The molecule has 0 bridgehead atoms. The highest BCUT2D eigenvalue weighted by Crippen LogP contribution is 2.23. The van der Waals surface area contributed by atoms with Crippen LogP contribution in [0.25, 0.3) is 0 Å². The van der Waals surface area contributed by atoms with Crippen LogP contribution in [-0.2, 0) is 20.9 Å². The summed E-state index contributed by atoms with van der Waals surface area (Å²) < 4.78 is 5.45. The van der Waals surface area contributed by atoms with E-state index in [0.29, 0.717) is 26.3 Å². The summed E-state index contributed by atoms with van der Waals surface area (Å²) in [7, 11) is 1.77. The average Bonchev–Trinajstić information content (AvgIpc) is 2.84. The van der Waals surface area contributed by atoms with Crippen molar-refractivity contribution in [3.8, 4) is 6.07 Å². The molecule has 0 spiro atoms. The van der Waals surface area contributed by atoms with Gasteiger partial charge < -0.3 is 19.4 Å². The van der Waals surface area contributed by atoms with Gasteiger partial charge in [-0.05, 0) is 23.8 Å². The Balaban J connectivity index is 1.59. The predicted octanol–water partition coefficient (Wildman–Crippen LogP) is 3.21. The van der Waals surface area contributed by atoms with Gasteiger partial charge in [-0.25, -0.2) is 0 Å². The van der Waals surface area contributed by atoms with Crippen molar-refractivity contribution in [1.29, 1.82) is 5.26 Å². The van der Waals surface area contributed by atoms with Crippen molar-refractivity contribution >= 4 is 23.2 Å². The summed E-state index contributed by atoms with van der Waals surface area (Å²) in [6.07, 6.45) is 0.479. The van der Waals surface area contributed by atoms with Crippen molar-refractivity contribution in [1.82, 2.24) is 4.90 Å². The van der Waals surface area contributed by atoms with Gasteiger partial charge in [-0.2, -0.15) is 5.26 Å². The predicted molar refractivity (Wildman–Crippen MR) is 124 cm³/mol. The van der Waals surface area contributed by atoms with Crippen LogP contribution < -0.4 is 9.80 Å². The fourth-order valence-electron chi connectivity index (χ4n) is 3.81. The van der Waals surface area contributed by atoms with Crippen molar-refractivity contribution in [3.05, 3.63) is 60.2 Å². The zero-order chi connectivity index (χ0) is 22.8. The third-order valence-electron chi connectivity index (χ3n) is 5.55. The van der Waals surface area contributed by atoms with E-state index in [1.807, 2.05) is 48.5 Å². The molecule has 0 aliphatic carbocycles. The summed E-state index contributed by atoms with van der Waals surface area (Å²) in [6, 6.07) is 19.5. The van der Waals surface area contributed by atoms with Gasteiger partial charge in [-0.1, -0.05) is 36.4 Å². The molecule has 0 atom stereocenters. The highest BCUT2D eigenvalue weighted by atomic mass is 16.5. The third kappa shape index (κ3) is 6.32. The summed E-state index contributed by atoms with van der Waals surface area (Å²) >= 11 is 0. The molecule has 7 nitrogen and oxygen atoms in total. The van der Waals surface area contributed by atoms with Gasteiger partial charge in [0, 0.05) is 57.4 Å². The monoisotopic (exact) mass is 434 g/mol. The molecule has 1 heterocycles. The van der Waals surface area contributed by atoms with Gasteiger partial charge in [0.05, 0.1) is 25.7 Å². The van der Waals surface area contributed by atoms with Crippen LogP contribution in [0.2, 0.25) is 0 Å². The molecular formula is C25H30N4O3. The molecule has 0 N–H and O–H groups in total. The van der Waals surface area contributed by atoms with Crippen LogP contribution in [0.3, 0.4) is 0 Å². The first-order chi connectivity index (χ1) is 15.6. The largest absolute Gasteiger partial charge is 0.378 e. The van der Waals surface area contributed by atoms with Crippen LogP contribution in [0.1, 0.15) is 24.8 Å². The lowest BCUT2D eigenvalue weighted by atomic mass is 10.1. The fraction of sp³-hybridized carbons (Fsp3) is 0.400. The zero-order valence-corrected chi connectivity index (χ0v) is 18.6. The summed E-state index contributed by atoms with van der Waals surface area (Å²) in [4.78, 5) is 31.2. The van der Waals surface area contributed by atoms with E-state index >= 15 is 0 Å². The highest BCUT2D eigenvalue weighted by Gasteiger charge is 2.20. The standard InChI is InChI=1S/C25H30N4O3/c1-27(20-21-8-5-6-11-23(21)28-16-18-32-19-17-28)24(30)12-13-25(31)29(15-7-14-26)22-9-3-2-4-10-22/h2-6,8-11H,7,12-13,15-20H2,1H3. The molecule has 3 rings (SSSR count). The molecule has 1 saturated heterocycles. The third-order valence-corrected chi connectivity index (χ3v) is 5.55. The van der Waals surface area contributed by atoms with Crippen LogP contribution in [0.5, 0.6) is 0 Å². The topological polar surface area (TPSA) is 76.9 Å². The number of hydrogen-bond acceptors (Lipinski definition) is 5. The SMILES string of the molecule is CN(Cc1ccccc1N1CCOCC1)C(=O)CCC(=O)N(CCC#N)c1ccccc1. The van der Waals surface area contributed by atoms with Crippen molar-refractivity contribution < 1.29 is 14.3 Å². The Kier molecular flexibility index (Phi) is 8.64. The summed E-state index contributed by atoms with van der Waals surface area (Å²) in [5.74, 6) is -0.231. The van der Waals surface area contributed by atoms with E-state index in [0.717, 1.165) is 30.0 Å². The number of para-hydroxylation sites is 2. The molecule has 1 fully saturated rings. The summed E-state index contributed by atoms with van der Waals surface area (Å²) in [6.45, 7) is 3.87. The number of benzene rings is 2. The first-order valence-corrected chi connectivity index (χ1v) is 11.0. The minimum Gasteiger partial charge on any atom is -0.378 e. The van der Waals surface area contributed by atoms with Crippen LogP contribution in [0.4, 0.5) is 11.4 Å². The number of ether oxygens (including phenoxy) is 1. The Morgan fingerprint density at radius 3 is 2.38 bits per heavy atom. The van der Waals surface area contributed by atoms with E-state index < -0.39 is 0 Å². The average molecular weight is 435 g/mol. The number of anilines is 2. The van der Waals surface area contributed by atoms with E-state index in [1.54, 1.807) is 16.8 Å². The van der Waals surface area contributed by atoms with Crippen molar-refractivity contribution in [2.75, 3.05) is 49.7 Å². The second-order valence-electron chi connectivity index (χ2n) is 7.77. The number of nitriles is 1. The molecule has 32 heavy (non-hydrogen) atoms. The highest BCUT2D eigenvalue weighted by molar-refractivity contribution is 5.95. The molecule has 2 aromatic carbocycles. The van der Waals surface area contributed by atoms with E-state index in [9.17, 15) is 9.59 Å². The molecule has 1 aliphatic rings. The van der Waals surface area contributed by atoms with Gasteiger partial charge in [0.25, 0.3) is 0 Å². The first kappa shape index (κ1) is 23.3. The number of nitrogens with zero attached hydrogens (tertiary/aromatic N) is 4. The number of carbonyl (C=O) groups excluding carboxylic acids is 2. The molecule has 2 amide bonds. The molecule has 0 radical (unpaired) electrons. The van der Waals surface area contributed by atoms with Crippen LogP contribution in [0, 0.1) is 11.3 Å². The summed E-state index contributed by atoms with van der Waals surface area (Å²) in [5.41, 5.74) is 2.95. The van der Waals surface area contributed by atoms with Crippen LogP contribution in [-0.4, -0.2) is 56.6 Å².